The number of halogens is 4. The molecule has 0 bridgehead atoms. The van der Waals surface area contributed by atoms with Crippen molar-refractivity contribution in [3.63, 3.8) is 0 Å². The van der Waals surface area contributed by atoms with Crippen molar-refractivity contribution in [3.05, 3.63) is 77.5 Å². The van der Waals surface area contributed by atoms with E-state index in [1.54, 1.807) is 6.20 Å². The summed E-state index contributed by atoms with van der Waals surface area (Å²) in [4.78, 5) is 28.8. The number of carbonyl (C=O) groups excluding carboxylic acids is 2. The van der Waals surface area contributed by atoms with Crippen molar-refractivity contribution in [3.8, 4) is 5.75 Å². The first-order valence-electron chi connectivity index (χ1n) is 12.4. The van der Waals surface area contributed by atoms with Gasteiger partial charge in [0.2, 0.25) is 5.91 Å². The van der Waals surface area contributed by atoms with Crippen LogP contribution < -0.4 is 26.3 Å². The number of anilines is 1. The second-order valence-corrected chi connectivity index (χ2v) is 9.10. The number of aromatic nitrogens is 4. The predicted molar refractivity (Wildman–Crippen MR) is 137 cm³/mol. The summed E-state index contributed by atoms with van der Waals surface area (Å²) in [7, 11) is 0. The Labute approximate surface area is 231 Å². The molecule has 0 aliphatic carbocycles. The van der Waals surface area contributed by atoms with Gasteiger partial charge in [0.15, 0.2) is 5.82 Å². The Morgan fingerprint density at radius 3 is 2.76 bits per heavy atom. The maximum Gasteiger partial charge on any atom is 0.573 e. The Hall–Kier alpha value is -4.73. The van der Waals surface area contributed by atoms with Gasteiger partial charge in [-0.05, 0) is 42.7 Å². The summed E-state index contributed by atoms with van der Waals surface area (Å²) in [5.41, 5.74) is 7.82. The molecular formula is C25H27F4N9O3. The number of aryl methyl sites for hydroxylation is 1. The maximum absolute atomic E-state index is 14.6. The van der Waals surface area contributed by atoms with Crippen LogP contribution >= 0.6 is 0 Å². The Kier molecular flexibility index (Phi) is 9.34. The highest BCUT2D eigenvalue weighted by Crippen LogP contribution is 2.23. The van der Waals surface area contributed by atoms with Crippen LogP contribution in [0.25, 0.3) is 0 Å². The number of ether oxygens (including phenoxy) is 1. The standard InChI is InChI=1S/C25H27F4N9O3/c1-16-5-6-18(11-30-16)12-31-24(40)21-14-37(35-33-21)8-7-19(26)13-38-15-22(34-36-38)32-23(39)10-17-3-2-4-20(9-17)41-25(27,28)29/h2-6,9,11,14-15,19,33,35H,7-8,10,12-13H2,1H3,(H,31,40)(H,32,39). The SMILES string of the molecule is Cc1ccc(CNC(=O)C2=CN(CCC(F)Cn3cc(NC(=O)Cc4cccc(OC(F)(F)F)c4)nn3)NN2)cn1. The number of carbonyl (C=O) groups is 2. The lowest BCUT2D eigenvalue weighted by Crippen LogP contribution is -2.40. The molecule has 1 unspecified atom stereocenters. The number of alkyl halides is 4. The van der Waals surface area contributed by atoms with Crippen molar-refractivity contribution in [2.24, 2.45) is 0 Å². The van der Waals surface area contributed by atoms with Crippen LogP contribution in [0.5, 0.6) is 5.75 Å². The van der Waals surface area contributed by atoms with E-state index in [0.717, 1.165) is 23.4 Å². The highest BCUT2D eigenvalue weighted by Gasteiger charge is 2.31. The Balaban J connectivity index is 1.18. The number of hydrazine groups is 2. The summed E-state index contributed by atoms with van der Waals surface area (Å²) < 4.78 is 56.9. The van der Waals surface area contributed by atoms with Crippen LogP contribution in [-0.2, 0) is 29.1 Å². The van der Waals surface area contributed by atoms with Gasteiger partial charge in [0.05, 0.1) is 19.2 Å². The topological polar surface area (TPSA) is 138 Å². The van der Waals surface area contributed by atoms with E-state index in [4.69, 9.17) is 0 Å². The molecule has 12 nitrogen and oxygen atoms in total. The first-order chi connectivity index (χ1) is 19.5. The van der Waals surface area contributed by atoms with Gasteiger partial charge in [-0.2, -0.15) is 0 Å². The minimum atomic E-state index is -4.84. The van der Waals surface area contributed by atoms with Crippen LogP contribution in [0.1, 0.15) is 23.2 Å². The fourth-order valence-corrected chi connectivity index (χ4v) is 3.71. The lowest BCUT2D eigenvalue weighted by molar-refractivity contribution is -0.274. The Morgan fingerprint density at radius 1 is 1.17 bits per heavy atom. The number of rotatable bonds is 12. The van der Waals surface area contributed by atoms with Gasteiger partial charge in [0.1, 0.15) is 17.6 Å². The summed E-state index contributed by atoms with van der Waals surface area (Å²) in [6, 6.07) is 8.78. The zero-order valence-corrected chi connectivity index (χ0v) is 21.8. The zero-order chi connectivity index (χ0) is 29.4. The van der Waals surface area contributed by atoms with Gasteiger partial charge in [-0.25, -0.2) is 9.07 Å². The molecule has 16 heteroatoms. The maximum atomic E-state index is 14.6. The molecular weight excluding hydrogens is 550 g/mol. The number of benzene rings is 1. The molecule has 4 N–H and O–H groups in total. The molecule has 1 aliphatic heterocycles. The first kappa shape index (κ1) is 29.3. The fourth-order valence-electron chi connectivity index (χ4n) is 3.71. The van der Waals surface area contributed by atoms with Crippen molar-refractivity contribution in [2.75, 3.05) is 11.9 Å². The lowest BCUT2D eigenvalue weighted by Gasteiger charge is -2.16. The van der Waals surface area contributed by atoms with Crippen LogP contribution in [0.3, 0.4) is 0 Å². The van der Waals surface area contributed by atoms with Crippen LogP contribution in [0.15, 0.2) is 60.7 Å². The molecule has 0 radical (unpaired) electrons. The number of hydrogen-bond donors (Lipinski definition) is 4. The molecule has 41 heavy (non-hydrogen) atoms. The second-order valence-electron chi connectivity index (χ2n) is 9.10. The monoisotopic (exact) mass is 577 g/mol. The molecule has 4 rings (SSSR count). The zero-order valence-electron chi connectivity index (χ0n) is 21.8. The fraction of sp³-hybridized carbons (Fsp3) is 0.320. The van der Waals surface area contributed by atoms with E-state index in [1.807, 2.05) is 19.1 Å². The lowest BCUT2D eigenvalue weighted by atomic mass is 10.1. The quantitative estimate of drug-likeness (QED) is 0.239. The van der Waals surface area contributed by atoms with E-state index in [9.17, 15) is 27.2 Å². The van der Waals surface area contributed by atoms with Crippen molar-refractivity contribution in [1.29, 1.82) is 0 Å². The second kappa shape index (κ2) is 13.1. The minimum Gasteiger partial charge on any atom is -0.406 e. The van der Waals surface area contributed by atoms with Gasteiger partial charge >= 0.3 is 6.36 Å². The van der Waals surface area contributed by atoms with E-state index in [2.05, 4.69) is 41.6 Å². The smallest absolute Gasteiger partial charge is 0.406 e. The molecule has 3 aromatic rings. The molecule has 1 atom stereocenters. The molecule has 0 fully saturated rings. The number of hydrogen-bond acceptors (Lipinski definition) is 9. The van der Waals surface area contributed by atoms with Crippen LogP contribution in [0, 0.1) is 6.92 Å². The van der Waals surface area contributed by atoms with E-state index < -0.39 is 24.2 Å². The molecule has 1 aliphatic rings. The summed E-state index contributed by atoms with van der Waals surface area (Å²) in [5.74, 6) is -1.26. The highest BCUT2D eigenvalue weighted by atomic mass is 19.4. The summed E-state index contributed by atoms with van der Waals surface area (Å²) >= 11 is 0. The third-order valence-corrected chi connectivity index (χ3v) is 5.66. The highest BCUT2D eigenvalue weighted by molar-refractivity contribution is 5.92. The van der Waals surface area contributed by atoms with E-state index in [-0.39, 0.29) is 43.4 Å². The average Bonchev–Trinajstić information content (AvgIpc) is 3.56. The summed E-state index contributed by atoms with van der Waals surface area (Å²) in [5, 5.41) is 14.4. The number of pyridine rings is 1. The van der Waals surface area contributed by atoms with Crippen molar-refractivity contribution >= 4 is 17.6 Å². The Morgan fingerprint density at radius 2 is 2.00 bits per heavy atom. The van der Waals surface area contributed by atoms with Gasteiger partial charge in [0.25, 0.3) is 5.91 Å². The van der Waals surface area contributed by atoms with Gasteiger partial charge in [0, 0.05) is 31.2 Å². The molecule has 0 saturated carbocycles. The third-order valence-electron chi connectivity index (χ3n) is 5.66. The van der Waals surface area contributed by atoms with Crippen LogP contribution in [-0.4, -0.2) is 55.9 Å². The van der Waals surface area contributed by atoms with Crippen LogP contribution in [0.2, 0.25) is 0 Å². The van der Waals surface area contributed by atoms with Gasteiger partial charge in [-0.1, -0.05) is 23.4 Å². The van der Waals surface area contributed by atoms with Crippen molar-refractivity contribution < 1.29 is 31.9 Å². The molecule has 218 valence electrons. The van der Waals surface area contributed by atoms with E-state index in [0.29, 0.717) is 12.1 Å². The normalized spacial score (nSPS) is 13.8. The molecule has 2 amide bonds. The third kappa shape index (κ3) is 9.45. The Bertz CT molecular complexity index is 1380. The van der Waals surface area contributed by atoms with Crippen LogP contribution in [0.4, 0.5) is 23.4 Å². The average molecular weight is 578 g/mol. The molecule has 0 spiro atoms. The number of nitrogens with zero attached hydrogens (tertiary/aromatic N) is 5. The first-order valence-corrected chi connectivity index (χ1v) is 12.4. The van der Waals surface area contributed by atoms with Crippen molar-refractivity contribution in [2.45, 2.75) is 45.4 Å². The van der Waals surface area contributed by atoms with Gasteiger partial charge < -0.3 is 15.4 Å². The number of amides is 2. The summed E-state index contributed by atoms with van der Waals surface area (Å²) in [6.45, 7) is 2.28. The molecule has 1 aromatic carbocycles. The summed E-state index contributed by atoms with van der Waals surface area (Å²) in [6.07, 6.45) is -1.75. The van der Waals surface area contributed by atoms with Gasteiger partial charge in [-0.15, -0.1) is 23.8 Å². The van der Waals surface area contributed by atoms with E-state index in [1.165, 1.54) is 34.2 Å². The largest absolute Gasteiger partial charge is 0.573 e. The molecule has 3 heterocycles. The number of nitrogens with one attached hydrogen (secondary N) is 4. The molecule has 2 aromatic heterocycles. The molecule has 0 saturated heterocycles. The van der Waals surface area contributed by atoms with Crippen molar-refractivity contribution in [1.82, 2.24) is 41.3 Å². The predicted octanol–water partition coefficient (Wildman–Crippen LogP) is 2.27. The minimum absolute atomic E-state index is 0.0651. The van der Waals surface area contributed by atoms with E-state index >= 15 is 0 Å². The van der Waals surface area contributed by atoms with Gasteiger partial charge in [-0.3, -0.25) is 25.0 Å².